The molecule has 2 N–H and O–H groups in total. The maximum atomic E-state index is 10.9. The molecule has 1 unspecified atom stereocenters. The summed E-state index contributed by atoms with van der Waals surface area (Å²) in [4.78, 5) is 10.9. The second-order valence-electron chi connectivity index (χ2n) is 4.08. The van der Waals surface area contributed by atoms with Crippen LogP contribution in [0.1, 0.15) is 18.6 Å². The van der Waals surface area contributed by atoms with E-state index in [2.05, 4.69) is 21.2 Å². The highest BCUT2D eigenvalue weighted by Crippen LogP contribution is 2.28. The zero-order valence-electron chi connectivity index (χ0n) is 9.85. The number of halogens is 1. The summed E-state index contributed by atoms with van der Waals surface area (Å²) in [6, 6.07) is 5.42. The number of rotatable bonds is 4. The smallest absolute Gasteiger partial charge is 0.407 e. The Bertz CT molecular complexity index is 450. The molecule has 1 amide bonds. The van der Waals surface area contributed by atoms with Crippen LogP contribution in [0.25, 0.3) is 0 Å². The fourth-order valence-electron chi connectivity index (χ4n) is 1.69. The lowest BCUT2D eigenvalue weighted by atomic mass is 10.1. The second-order valence-corrected chi connectivity index (χ2v) is 4.99. The molecule has 1 fully saturated rings. The van der Waals surface area contributed by atoms with E-state index in [0.29, 0.717) is 17.9 Å². The number of ether oxygens (including phenoxy) is 2. The molecular weight excluding hydrogens is 302 g/mol. The Hall–Kier alpha value is -1.27. The Morgan fingerprint density at radius 2 is 2.44 bits per heavy atom. The van der Waals surface area contributed by atoms with Crippen molar-refractivity contribution in [2.45, 2.75) is 19.1 Å². The summed E-state index contributed by atoms with van der Waals surface area (Å²) in [5.74, 6) is 0.585. The fraction of sp³-hybridized carbons (Fsp3) is 0.417. The first kappa shape index (κ1) is 13.2. The molecule has 0 aliphatic carbocycles. The highest BCUT2D eigenvalue weighted by atomic mass is 79.9. The van der Waals surface area contributed by atoms with E-state index in [0.717, 1.165) is 4.47 Å². The lowest BCUT2D eigenvalue weighted by molar-refractivity contribution is 0.102. The van der Waals surface area contributed by atoms with Gasteiger partial charge in [-0.3, -0.25) is 0 Å². The maximum Gasteiger partial charge on any atom is 0.407 e. The van der Waals surface area contributed by atoms with Gasteiger partial charge in [-0.05, 0) is 19.1 Å². The van der Waals surface area contributed by atoms with Crippen molar-refractivity contribution in [3.63, 3.8) is 0 Å². The monoisotopic (exact) mass is 315 g/mol. The molecule has 0 saturated carbocycles. The van der Waals surface area contributed by atoms with E-state index in [-0.39, 0.29) is 12.7 Å². The highest BCUT2D eigenvalue weighted by Gasteiger charge is 2.23. The standard InChI is InChI=1S/C12H14BrNO4/c1-7(15)10-3-2-8(13)4-11(10)17-6-9-5-14-12(16)18-9/h2-4,7,9,15H,5-6H2,1H3,(H,14,16)/t7-,9?/m1/s1. The molecule has 1 aromatic rings. The van der Waals surface area contributed by atoms with E-state index >= 15 is 0 Å². The van der Waals surface area contributed by atoms with Crippen molar-refractivity contribution in [1.82, 2.24) is 5.32 Å². The molecule has 5 nitrogen and oxygen atoms in total. The number of aliphatic hydroxyl groups is 1. The van der Waals surface area contributed by atoms with E-state index in [1.807, 2.05) is 6.07 Å². The van der Waals surface area contributed by atoms with Crippen molar-refractivity contribution < 1.29 is 19.4 Å². The Kier molecular flexibility index (Phi) is 4.08. The molecule has 98 valence electrons. The minimum atomic E-state index is -0.614. The summed E-state index contributed by atoms with van der Waals surface area (Å²) in [5.41, 5.74) is 0.704. The van der Waals surface area contributed by atoms with Crippen molar-refractivity contribution >= 4 is 22.0 Å². The lowest BCUT2D eigenvalue weighted by Crippen LogP contribution is -2.22. The van der Waals surface area contributed by atoms with Crippen LogP contribution in [0.3, 0.4) is 0 Å². The molecule has 1 aliphatic heterocycles. The topological polar surface area (TPSA) is 67.8 Å². The minimum absolute atomic E-state index is 0.259. The number of cyclic esters (lactones) is 1. The summed E-state index contributed by atoms with van der Waals surface area (Å²) in [6.07, 6.45) is -1.33. The number of nitrogens with one attached hydrogen (secondary N) is 1. The molecule has 18 heavy (non-hydrogen) atoms. The van der Waals surface area contributed by atoms with Gasteiger partial charge < -0.3 is 19.9 Å². The Balaban J connectivity index is 2.03. The first-order chi connectivity index (χ1) is 8.56. The fourth-order valence-corrected chi connectivity index (χ4v) is 2.03. The number of amides is 1. The van der Waals surface area contributed by atoms with Gasteiger partial charge in [0.25, 0.3) is 0 Å². The molecule has 1 saturated heterocycles. The molecule has 2 rings (SSSR count). The number of hydrogen-bond donors (Lipinski definition) is 2. The van der Waals surface area contributed by atoms with Gasteiger partial charge in [-0.1, -0.05) is 22.0 Å². The molecule has 0 spiro atoms. The van der Waals surface area contributed by atoms with Crippen molar-refractivity contribution in [1.29, 1.82) is 0 Å². The minimum Gasteiger partial charge on any atom is -0.489 e. The number of alkyl carbamates (subject to hydrolysis) is 1. The van der Waals surface area contributed by atoms with Crippen molar-refractivity contribution in [3.8, 4) is 5.75 Å². The molecule has 1 aliphatic rings. The lowest BCUT2D eigenvalue weighted by Gasteiger charge is -2.15. The molecule has 0 bridgehead atoms. The molecule has 0 aromatic heterocycles. The van der Waals surface area contributed by atoms with Crippen LogP contribution in [0.4, 0.5) is 4.79 Å². The quantitative estimate of drug-likeness (QED) is 0.891. The molecule has 1 aromatic carbocycles. The number of aliphatic hydroxyl groups excluding tert-OH is 1. The van der Waals surface area contributed by atoms with Gasteiger partial charge >= 0.3 is 6.09 Å². The third-order valence-corrected chi connectivity index (χ3v) is 3.09. The van der Waals surface area contributed by atoms with Gasteiger partial charge in [-0.25, -0.2) is 4.79 Å². The summed E-state index contributed by atoms with van der Waals surface area (Å²) >= 11 is 3.35. The van der Waals surface area contributed by atoms with Gasteiger partial charge in [-0.15, -0.1) is 0 Å². The Morgan fingerprint density at radius 1 is 1.67 bits per heavy atom. The summed E-state index contributed by atoms with van der Waals surface area (Å²) in [7, 11) is 0. The normalized spacial score (nSPS) is 20.2. The first-order valence-electron chi connectivity index (χ1n) is 5.61. The Morgan fingerprint density at radius 3 is 3.06 bits per heavy atom. The van der Waals surface area contributed by atoms with Gasteiger partial charge in [0.05, 0.1) is 12.6 Å². The average Bonchev–Trinajstić information content (AvgIpc) is 2.72. The van der Waals surface area contributed by atoms with Gasteiger partial charge in [0.2, 0.25) is 0 Å². The molecule has 6 heteroatoms. The van der Waals surface area contributed by atoms with Crippen molar-refractivity contribution in [3.05, 3.63) is 28.2 Å². The highest BCUT2D eigenvalue weighted by molar-refractivity contribution is 9.10. The predicted molar refractivity (Wildman–Crippen MR) is 68.5 cm³/mol. The van der Waals surface area contributed by atoms with Crippen LogP contribution in [0.5, 0.6) is 5.75 Å². The number of carbonyl (C=O) groups is 1. The van der Waals surface area contributed by atoms with E-state index in [1.54, 1.807) is 19.1 Å². The third-order valence-electron chi connectivity index (χ3n) is 2.60. The van der Waals surface area contributed by atoms with Gasteiger partial charge in [0.15, 0.2) is 6.10 Å². The molecule has 2 atom stereocenters. The zero-order chi connectivity index (χ0) is 13.1. The van der Waals surface area contributed by atoms with Crippen LogP contribution in [-0.2, 0) is 4.74 Å². The van der Waals surface area contributed by atoms with E-state index in [1.165, 1.54) is 0 Å². The molecule has 1 heterocycles. The van der Waals surface area contributed by atoms with Crippen molar-refractivity contribution in [2.75, 3.05) is 13.2 Å². The van der Waals surface area contributed by atoms with Crippen LogP contribution in [0.2, 0.25) is 0 Å². The van der Waals surface area contributed by atoms with Crippen LogP contribution in [0.15, 0.2) is 22.7 Å². The first-order valence-corrected chi connectivity index (χ1v) is 6.40. The average molecular weight is 316 g/mol. The molecular formula is C12H14BrNO4. The summed E-state index contributed by atoms with van der Waals surface area (Å²) in [6.45, 7) is 2.37. The van der Waals surface area contributed by atoms with Gasteiger partial charge in [0.1, 0.15) is 12.4 Å². The zero-order valence-corrected chi connectivity index (χ0v) is 11.4. The summed E-state index contributed by atoms with van der Waals surface area (Å²) in [5, 5.41) is 12.2. The van der Waals surface area contributed by atoms with Crippen LogP contribution in [-0.4, -0.2) is 30.5 Å². The summed E-state index contributed by atoms with van der Waals surface area (Å²) < 4.78 is 11.4. The van der Waals surface area contributed by atoms with Gasteiger partial charge in [0, 0.05) is 10.0 Å². The predicted octanol–water partition coefficient (Wildman–Crippen LogP) is 1.99. The van der Waals surface area contributed by atoms with Crippen LogP contribution in [0, 0.1) is 0 Å². The number of benzene rings is 1. The van der Waals surface area contributed by atoms with Gasteiger partial charge in [-0.2, -0.15) is 0 Å². The SMILES string of the molecule is C[C@@H](O)c1ccc(Br)cc1OCC1CNC(=O)O1. The largest absolute Gasteiger partial charge is 0.489 e. The van der Waals surface area contributed by atoms with E-state index in [4.69, 9.17) is 9.47 Å². The Labute approximate surface area is 113 Å². The van der Waals surface area contributed by atoms with Crippen LogP contribution < -0.4 is 10.1 Å². The molecule has 0 radical (unpaired) electrons. The number of hydrogen-bond acceptors (Lipinski definition) is 4. The van der Waals surface area contributed by atoms with E-state index < -0.39 is 12.2 Å². The van der Waals surface area contributed by atoms with Crippen molar-refractivity contribution in [2.24, 2.45) is 0 Å². The number of carbonyl (C=O) groups excluding carboxylic acids is 1. The third kappa shape index (κ3) is 3.14. The maximum absolute atomic E-state index is 10.9. The van der Waals surface area contributed by atoms with E-state index in [9.17, 15) is 9.90 Å². The van der Waals surface area contributed by atoms with Crippen LogP contribution >= 0.6 is 15.9 Å². The second kappa shape index (κ2) is 5.58.